The molecule has 0 saturated carbocycles. The molecule has 0 unspecified atom stereocenters. The van der Waals surface area contributed by atoms with Gasteiger partial charge in [0.1, 0.15) is 6.33 Å². The molecule has 5 rings (SSSR count). The summed E-state index contributed by atoms with van der Waals surface area (Å²) >= 11 is 7.37. The average molecular weight is 672 g/mol. The van der Waals surface area contributed by atoms with Crippen molar-refractivity contribution in [3.05, 3.63) is 45.8 Å². The van der Waals surface area contributed by atoms with Crippen molar-refractivity contribution in [3.63, 3.8) is 0 Å². The Morgan fingerprint density at radius 3 is 2.64 bits per heavy atom. The summed E-state index contributed by atoms with van der Waals surface area (Å²) in [4.78, 5) is 30.8. The van der Waals surface area contributed by atoms with Crippen molar-refractivity contribution < 1.29 is 27.5 Å². The van der Waals surface area contributed by atoms with Gasteiger partial charge in [-0.3, -0.25) is 14.6 Å². The summed E-state index contributed by atoms with van der Waals surface area (Å²) in [7, 11) is 0. The summed E-state index contributed by atoms with van der Waals surface area (Å²) in [6.45, 7) is 7.28. The summed E-state index contributed by atoms with van der Waals surface area (Å²) in [5.41, 5.74) is -0.284. The minimum atomic E-state index is -4.58. The van der Waals surface area contributed by atoms with Crippen LogP contribution in [0.5, 0.6) is 0 Å². The van der Waals surface area contributed by atoms with Gasteiger partial charge in [0.15, 0.2) is 16.8 Å². The number of carboxylic acid groups (broad SMARTS) is 1. The van der Waals surface area contributed by atoms with Crippen LogP contribution >= 0.6 is 22.9 Å². The normalized spacial score (nSPS) is 19.5. The Kier molecular flexibility index (Phi) is 11.3. The molecule has 2 aliphatic heterocycles. The van der Waals surface area contributed by atoms with Crippen LogP contribution in [0, 0.1) is 5.82 Å². The molecule has 0 amide bonds. The number of hydrogen-bond donors (Lipinski definition) is 2. The highest BCUT2D eigenvalue weighted by molar-refractivity contribution is 7.16. The fraction of sp³-hybridized carbons (Fsp3) is 0.533. The topological polar surface area (TPSA) is 97.7 Å². The van der Waals surface area contributed by atoms with E-state index in [1.54, 1.807) is 4.90 Å². The van der Waals surface area contributed by atoms with Gasteiger partial charge in [0.05, 0.1) is 17.7 Å². The number of hydrogen-bond acceptors (Lipinski definition) is 9. The molecule has 0 spiro atoms. The van der Waals surface area contributed by atoms with E-state index in [0.29, 0.717) is 44.5 Å². The van der Waals surface area contributed by atoms with Gasteiger partial charge in [0, 0.05) is 60.3 Å². The predicted molar refractivity (Wildman–Crippen MR) is 169 cm³/mol. The van der Waals surface area contributed by atoms with Crippen molar-refractivity contribution in [3.8, 4) is 11.3 Å². The smallest absolute Gasteiger partial charge is 0.416 e. The Hall–Kier alpha value is -3.07. The number of nitrogens with zero attached hydrogens (tertiary/aromatic N) is 6. The molecule has 9 nitrogen and oxygen atoms in total. The number of carboxylic acids is 1. The molecular formula is C30H38ClF4N7O2S. The molecule has 4 heterocycles. The van der Waals surface area contributed by atoms with Crippen LogP contribution in [-0.2, 0) is 17.5 Å². The highest BCUT2D eigenvalue weighted by Crippen LogP contribution is 2.40. The van der Waals surface area contributed by atoms with Crippen LogP contribution in [0.15, 0.2) is 24.5 Å². The van der Waals surface area contributed by atoms with Crippen LogP contribution in [0.2, 0.25) is 5.02 Å². The van der Waals surface area contributed by atoms with E-state index in [0.717, 1.165) is 42.8 Å². The first-order valence-corrected chi connectivity index (χ1v) is 15.7. The van der Waals surface area contributed by atoms with E-state index in [9.17, 15) is 18.0 Å². The highest BCUT2D eigenvalue weighted by atomic mass is 35.5. The molecule has 15 heteroatoms. The predicted octanol–water partition coefficient (Wildman–Crippen LogP) is 7.15. The zero-order chi connectivity index (χ0) is 31.6. The maximum absolute atomic E-state index is 15.8. The van der Waals surface area contributed by atoms with E-state index < -0.39 is 23.5 Å². The van der Waals surface area contributed by atoms with Crippen LogP contribution in [0.25, 0.3) is 11.3 Å². The summed E-state index contributed by atoms with van der Waals surface area (Å²) in [6.07, 6.45) is -0.266. The van der Waals surface area contributed by atoms with Gasteiger partial charge in [-0.2, -0.15) is 17.6 Å². The number of rotatable bonds is 10. The lowest BCUT2D eigenvalue weighted by Gasteiger charge is -2.40. The van der Waals surface area contributed by atoms with E-state index in [4.69, 9.17) is 16.7 Å². The summed E-state index contributed by atoms with van der Waals surface area (Å²) in [5, 5.41) is 12.2. The number of benzene rings is 1. The van der Waals surface area contributed by atoms with Crippen LogP contribution in [0.1, 0.15) is 57.4 Å². The van der Waals surface area contributed by atoms with Crippen molar-refractivity contribution in [2.24, 2.45) is 0 Å². The molecule has 2 aliphatic rings. The fourth-order valence-corrected chi connectivity index (χ4v) is 7.15. The van der Waals surface area contributed by atoms with Gasteiger partial charge in [-0.1, -0.05) is 37.3 Å². The molecule has 2 fully saturated rings. The van der Waals surface area contributed by atoms with Crippen molar-refractivity contribution in [2.45, 2.75) is 71.8 Å². The Labute approximate surface area is 269 Å². The number of halogens is 5. The number of piperazine rings is 1. The van der Waals surface area contributed by atoms with E-state index in [-0.39, 0.29) is 47.2 Å². The number of carbonyl (C=O) groups is 1. The van der Waals surface area contributed by atoms with Crippen LogP contribution < -0.4 is 10.2 Å². The maximum atomic E-state index is 15.8. The number of thiazole rings is 1. The van der Waals surface area contributed by atoms with Gasteiger partial charge in [-0.25, -0.2) is 15.0 Å². The second-order valence-electron chi connectivity index (χ2n) is 11.2. The first-order valence-electron chi connectivity index (χ1n) is 14.5. The number of aliphatic carboxylic acids is 1. The van der Waals surface area contributed by atoms with Crippen molar-refractivity contribution >= 4 is 45.7 Å². The van der Waals surface area contributed by atoms with Gasteiger partial charge < -0.3 is 15.3 Å². The first kappa shape index (κ1) is 34.8. The van der Waals surface area contributed by atoms with Crippen LogP contribution in [0.3, 0.4) is 0 Å². The fourth-order valence-electron chi connectivity index (χ4n) is 5.91. The van der Waals surface area contributed by atoms with Gasteiger partial charge in [0.2, 0.25) is 5.82 Å². The van der Waals surface area contributed by atoms with Gasteiger partial charge in [-0.15, -0.1) is 0 Å². The molecule has 2 N–H and O–H groups in total. The minimum Gasteiger partial charge on any atom is -0.481 e. The van der Waals surface area contributed by atoms with Crippen molar-refractivity contribution in [1.82, 2.24) is 24.8 Å². The summed E-state index contributed by atoms with van der Waals surface area (Å²) in [6, 6.07) is 3.72. The molecular weight excluding hydrogens is 634 g/mol. The molecule has 0 radical (unpaired) electrons. The lowest BCUT2D eigenvalue weighted by atomic mass is 10.1. The average Bonchev–Trinajstić information content (AvgIpc) is 3.59. The Bertz CT molecular complexity index is 1490. The second-order valence-corrected chi connectivity index (χ2v) is 12.7. The molecule has 1 aromatic carbocycles. The Morgan fingerprint density at radius 2 is 1.96 bits per heavy atom. The number of alkyl halides is 3. The zero-order valence-corrected chi connectivity index (χ0v) is 25.9. The lowest BCUT2D eigenvalue weighted by Crippen LogP contribution is -2.52. The Balaban J connectivity index is 0.00000461. The molecule has 246 valence electrons. The standard InChI is InChI=1S/C29H34ClF4N7O2S.CH4/c1-3-21-5-4-7-40(21)15-22-25(18-11-19(29(32,33)34)13-20(30)12-18)37-28(44-22)38-26-24(31)27(36-16-35-26)41-10-9-39(17(2)14-41)8-6-23(42)43;/h11-13,16-17,21H,3-10,14-15H2,1-2H3,(H,42,43)(H,35,36,37,38);1H4/t17-,21+;/m0./s1. The zero-order valence-electron chi connectivity index (χ0n) is 24.4. The first-order chi connectivity index (χ1) is 20.9. The molecule has 3 aromatic rings. The summed E-state index contributed by atoms with van der Waals surface area (Å²) in [5.74, 6) is -1.54. The number of aromatic nitrogens is 3. The number of anilines is 3. The van der Waals surface area contributed by atoms with Gasteiger partial charge >= 0.3 is 12.1 Å². The van der Waals surface area contributed by atoms with Gasteiger partial charge in [-0.05, 0) is 50.9 Å². The SMILES string of the molecule is C.CC[C@@H]1CCCN1Cc1sc(Nc2ncnc(N3CCN(CCC(=O)O)[C@@H](C)C3)c2F)nc1-c1cc(Cl)cc(C(F)(F)F)c1. The van der Waals surface area contributed by atoms with Crippen LogP contribution in [-0.4, -0.2) is 80.6 Å². The minimum absolute atomic E-state index is 0. The largest absolute Gasteiger partial charge is 0.481 e. The lowest BCUT2D eigenvalue weighted by molar-refractivity contribution is -0.138. The van der Waals surface area contributed by atoms with Crippen molar-refractivity contribution in [1.29, 1.82) is 0 Å². The van der Waals surface area contributed by atoms with E-state index in [1.165, 1.54) is 23.7 Å². The second kappa shape index (κ2) is 14.6. The molecule has 45 heavy (non-hydrogen) atoms. The quantitative estimate of drug-likeness (QED) is 0.218. The monoisotopic (exact) mass is 671 g/mol. The third-order valence-corrected chi connectivity index (χ3v) is 9.36. The Morgan fingerprint density at radius 1 is 1.18 bits per heavy atom. The number of nitrogens with one attached hydrogen (secondary N) is 1. The van der Waals surface area contributed by atoms with E-state index in [2.05, 4.69) is 32.1 Å². The molecule has 0 aliphatic carbocycles. The van der Waals surface area contributed by atoms with E-state index in [1.807, 2.05) is 11.8 Å². The third kappa shape index (κ3) is 8.21. The van der Waals surface area contributed by atoms with E-state index >= 15 is 4.39 Å². The van der Waals surface area contributed by atoms with Gasteiger partial charge in [0.25, 0.3) is 0 Å². The summed E-state index contributed by atoms with van der Waals surface area (Å²) < 4.78 is 56.8. The third-order valence-electron chi connectivity index (χ3n) is 8.19. The molecule has 2 aromatic heterocycles. The van der Waals surface area contributed by atoms with Crippen molar-refractivity contribution in [2.75, 3.05) is 42.9 Å². The molecule has 2 saturated heterocycles. The molecule has 0 bridgehead atoms. The highest BCUT2D eigenvalue weighted by Gasteiger charge is 2.33. The number of likely N-dealkylation sites (tertiary alicyclic amines) is 1. The molecule has 2 atom stereocenters. The van der Waals surface area contributed by atoms with Crippen LogP contribution in [0.4, 0.5) is 34.3 Å². The maximum Gasteiger partial charge on any atom is 0.416 e.